The van der Waals surface area contributed by atoms with Crippen LogP contribution in [-0.2, 0) is 0 Å². The van der Waals surface area contributed by atoms with Crippen molar-refractivity contribution in [3.8, 4) is 5.88 Å². The van der Waals surface area contributed by atoms with Gasteiger partial charge in [0.05, 0.1) is 11.5 Å². The summed E-state index contributed by atoms with van der Waals surface area (Å²) in [6.45, 7) is 0. The lowest BCUT2D eigenvalue weighted by molar-refractivity contribution is 0.393. The number of methoxy groups -OCH3 is 1. The smallest absolute Gasteiger partial charge is 0.236 e. The summed E-state index contributed by atoms with van der Waals surface area (Å²) in [6.07, 6.45) is 3.23. The Kier molecular flexibility index (Phi) is 2.85. The summed E-state index contributed by atoms with van der Waals surface area (Å²) in [5.74, 6) is 0.567. The molecule has 0 spiro atoms. The van der Waals surface area contributed by atoms with E-state index in [1.807, 2.05) is 4.43 Å². The van der Waals surface area contributed by atoms with Crippen LogP contribution in [-0.4, -0.2) is 17.1 Å². The molecule has 0 atom stereocenters. The highest BCUT2D eigenvalue weighted by molar-refractivity contribution is 14.1. The Labute approximate surface area is 73.0 Å². The maximum Gasteiger partial charge on any atom is 0.236 e. The lowest BCUT2D eigenvalue weighted by Gasteiger charge is -2.00. The van der Waals surface area contributed by atoms with Crippen LogP contribution in [0.5, 0.6) is 5.88 Å². The topological polar surface area (TPSA) is 35.0 Å². The van der Waals surface area contributed by atoms with Crippen LogP contribution < -0.4 is 4.74 Å². The molecule has 1 radical (unpaired) electrons. The van der Waals surface area contributed by atoms with Crippen LogP contribution in [0.1, 0.15) is 5.69 Å². The van der Waals surface area contributed by atoms with Crippen molar-refractivity contribution in [1.29, 1.82) is 0 Å². The van der Waals surface area contributed by atoms with Gasteiger partial charge in [0, 0.05) is 12.4 Å². The van der Waals surface area contributed by atoms with E-state index < -0.39 is 0 Å². The first kappa shape index (κ1) is 7.71. The number of halogens is 1. The molecular formula is C6H6IN2O. The zero-order valence-corrected chi connectivity index (χ0v) is 7.57. The van der Waals surface area contributed by atoms with Gasteiger partial charge in [-0.2, -0.15) is 0 Å². The average molecular weight is 249 g/mol. The van der Waals surface area contributed by atoms with Crippen LogP contribution in [0.25, 0.3) is 0 Å². The lowest BCUT2D eigenvalue weighted by atomic mass is 10.5. The van der Waals surface area contributed by atoms with Gasteiger partial charge in [-0.1, -0.05) is 22.6 Å². The molecule has 0 aliphatic heterocycles. The number of hydrogen-bond acceptors (Lipinski definition) is 3. The third-order valence-corrected chi connectivity index (χ3v) is 1.58. The zero-order chi connectivity index (χ0) is 7.40. The van der Waals surface area contributed by atoms with Gasteiger partial charge in [0.25, 0.3) is 0 Å². The molecule has 0 amide bonds. The van der Waals surface area contributed by atoms with Crippen molar-refractivity contribution in [3.63, 3.8) is 0 Å². The van der Waals surface area contributed by atoms with Gasteiger partial charge in [-0.05, 0) is 0 Å². The fourth-order valence-corrected chi connectivity index (χ4v) is 0.995. The van der Waals surface area contributed by atoms with Gasteiger partial charge < -0.3 is 4.74 Å². The maximum atomic E-state index is 4.93. The van der Waals surface area contributed by atoms with Crippen molar-refractivity contribution in [2.24, 2.45) is 0 Å². The summed E-state index contributed by atoms with van der Waals surface area (Å²) in [7, 11) is 1.58. The molecule has 0 aliphatic rings. The minimum atomic E-state index is 0.567. The Balaban J connectivity index is 2.96. The minimum absolute atomic E-state index is 0.567. The number of nitrogens with zero attached hydrogens (tertiary/aromatic N) is 2. The Hall–Kier alpha value is -0.390. The molecule has 1 aromatic heterocycles. The molecule has 3 nitrogen and oxygen atoms in total. The first-order chi connectivity index (χ1) is 4.88. The van der Waals surface area contributed by atoms with E-state index in [-0.39, 0.29) is 0 Å². The van der Waals surface area contributed by atoms with E-state index >= 15 is 0 Å². The van der Waals surface area contributed by atoms with Gasteiger partial charge in [0.1, 0.15) is 5.69 Å². The summed E-state index contributed by atoms with van der Waals surface area (Å²) in [4.78, 5) is 7.96. The molecule has 1 rings (SSSR count). The van der Waals surface area contributed by atoms with E-state index in [2.05, 4.69) is 32.6 Å². The average Bonchev–Trinajstić information content (AvgIpc) is 2.04. The molecular weight excluding hydrogens is 243 g/mol. The zero-order valence-electron chi connectivity index (χ0n) is 5.41. The molecule has 10 heavy (non-hydrogen) atoms. The quantitative estimate of drug-likeness (QED) is 0.743. The Morgan fingerprint density at radius 1 is 1.50 bits per heavy atom. The number of hydrogen-bond donors (Lipinski definition) is 0. The third kappa shape index (κ3) is 1.56. The van der Waals surface area contributed by atoms with E-state index in [9.17, 15) is 0 Å². The standard InChI is InChI=1S/C6H6IN2O/c1-10-6-5(4-7)8-2-3-9-6/h2-4H,1H3. The van der Waals surface area contributed by atoms with Gasteiger partial charge in [-0.15, -0.1) is 0 Å². The fourth-order valence-electron chi connectivity index (χ4n) is 0.568. The van der Waals surface area contributed by atoms with Gasteiger partial charge in [0.15, 0.2) is 0 Å². The SMILES string of the molecule is COc1nccnc1[CH]I. The molecule has 0 bridgehead atoms. The van der Waals surface area contributed by atoms with Crippen LogP contribution >= 0.6 is 22.6 Å². The van der Waals surface area contributed by atoms with Crippen LogP contribution in [0.15, 0.2) is 12.4 Å². The van der Waals surface area contributed by atoms with Gasteiger partial charge >= 0.3 is 0 Å². The fraction of sp³-hybridized carbons (Fsp3) is 0.167. The van der Waals surface area contributed by atoms with E-state index in [0.29, 0.717) is 5.88 Å². The van der Waals surface area contributed by atoms with Gasteiger partial charge in [-0.25, -0.2) is 4.98 Å². The number of rotatable bonds is 2. The molecule has 1 aromatic rings. The second-order valence-electron chi connectivity index (χ2n) is 1.56. The highest BCUT2D eigenvalue weighted by Crippen LogP contribution is 2.15. The van der Waals surface area contributed by atoms with Crippen molar-refractivity contribution < 1.29 is 4.74 Å². The Morgan fingerprint density at radius 2 is 2.20 bits per heavy atom. The highest BCUT2D eigenvalue weighted by atomic mass is 127. The number of ether oxygens (including phenoxy) is 1. The first-order valence-electron chi connectivity index (χ1n) is 2.67. The minimum Gasteiger partial charge on any atom is -0.480 e. The summed E-state index contributed by atoms with van der Waals surface area (Å²) >= 11 is 2.09. The number of aromatic nitrogens is 2. The van der Waals surface area contributed by atoms with Crippen molar-refractivity contribution in [2.45, 2.75) is 0 Å². The lowest BCUT2D eigenvalue weighted by Crippen LogP contribution is -1.93. The maximum absolute atomic E-state index is 4.93. The van der Waals surface area contributed by atoms with Crippen LogP contribution in [0, 0.1) is 4.43 Å². The third-order valence-electron chi connectivity index (χ3n) is 0.988. The molecule has 0 aromatic carbocycles. The highest BCUT2D eigenvalue weighted by Gasteiger charge is 2.00. The van der Waals surface area contributed by atoms with Crippen LogP contribution in [0.3, 0.4) is 0 Å². The molecule has 0 saturated heterocycles. The molecule has 4 heteroatoms. The molecule has 0 N–H and O–H groups in total. The molecule has 53 valence electrons. The van der Waals surface area contributed by atoms with Crippen molar-refractivity contribution in [1.82, 2.24) is 9.97 Å². The predicted molar refractivity (Wildman–Crippen MR) is 46.0 cm³/mol. The second-order valence-corrected chi connectivity index (χ2v) is 2.18. The van der Waals surface area contributed by atoms with Crippen LogP contribution in [0.2, 0.25) is 0 Å². The van der Waals surface area contributed by atoms with E-state index in [1.54, 1.807) is 19.5 Å². The summed E-state index contributed by atoms with van der Waals surface area (Å²) in [6, 6.07) is 0. The molecule has 0 unspecified atom stereocenters. The predicted octanol–water partition coefficient (Wildman–Crippen LogP) is 1.43. The molecule has 0 fully saturated rings. The van der Waals surface area contributed by atoms with E-state index in [0.717, 1.165) is 5.69 Å². The van der Waals surface area contributed by atoms with Gasteiger partial charge in [0.2, 0.25) is 5.88 Å². The van der Waals surface area contributed by atoms with Crippen molar-refractivity contribution in [2.75, 3.05) is 7.11 Å². The van der Waals surface area contributed by atoms with Crippen molar-refractivity contribution in [3.05, 3.63) is 22.5 Å². The Bertz CT molecular complexity index is 194. The Morgan fingerprint density at radius 3 is 2.70 bits per heavy atom. The van der Waals surface area contributed by atoms with Gasteiger partial charge in [-0.3, -0.25) is 4.98 Å². The monoisotopic (exact) mass is 249 g/mol. The van der Waals surface area contributed by atoms with E-state index in [1.165, 1.54) is 0 Å². The molecule has 0 aliphatic carbocycles. The summed E-state index contributed by atoms with van der Waals surface area (Å²) in [5.41, 5.74) is 0.769. The summed E-state index contributed by atoms with van der Waals surface area (Å²) in [5, 5.41) is 0. The normalized spacial score (nSPS) is 9.40. The molecule has 1 heterocycles. The molecule has 0 saturated carbocycles. The van der Waals surface area contributed by atoms with E-state index in [4.69, 9.17) is 4.74 Å². The van der Waals surface area contributed by atoms with Crippen LogP contribution in [0.4, 0.5) is 0 Å². The first-order valence-corrected chi connectivity index (χ1v) is 3.91. The summed E-state index contributed by atoms with van der Waals surface area (Å²) < 4.78 is 6.75. The largest absolute Gasteiger partial charge is 0.480 e. The second kappa shape index (κ2) is 3.70. The van der Waals surface area contributed by atoms with Crippen molar-refractivity contribution >= 4 is 22.6 Å².